The SMILES string of the molecule is COCc1c(C=O)nnn1-c1cc(OC)c(Cl)cc1OC. The largest absolute Gasteiger partial charge is 0.495 e. The molecule has 0 N–H and O–H groups in total. The number of hydrogen-bond donors (Lipinski definition) is 0. The summed E-state index contributed by atoms with van der Waals surface area (Å²) in [6, 6.07) is 3.26. The van der Waals surface area contributed by atoms with E-state index >= 15 is 0 Å². The van der Waals surface area contributed by atoms with Gasteiger partial charge in [0.05, 0.1) is 25.8 Å². The first-order valence-corrected chi connectivity index (χ1v) is 6.34. The van der Waals surface area contributed by atoms with E-state index in [2.05, 4.69) is 10.3 Å². The average Bonchev–Trinajstić information content (AvgIpc) is 2.90. The summed E-state index contributed by atoms with van der Waals surface area (Å²) in [6.45, 7) is 0.176. The van der Waals surface area contributed by atoms with Gasteiger partial charge in [0.25, 0.3) is 0 Å². The van der Waals surface area contributed by atoms with Gasteiger partial charge in [-0.2, -0.15) is 0 Å². The molecule has 0 aliphatic rings. The number of hydrogen-bond acceptors (Lipinski definition) is 6. The van der Waals surface area contributed by atoms with Crippen molar-refractivity contribution in [3.63, 3.8) is 0 Å². The molecule has 2 aromatic rings. The zero-order chi connectivity index (χ0) is 15.4. The fourth-order valence-electron chi connectivity index (χ4n) is 1.88. The van der Waals surface area contributed by atoms with Crippen LogP contribution in [0.5, 0.6) is 11.5 Å². The highest BCUT2D eigenvalue weighted by atomic mass is 35.5. The Bertz CT molecular complexity index is 657. The molecule has 0 bridgehead atoms. The van der Waals surface area contributed by atoms with Crippen LogP contribution in [-0.2, 0) is 11.3 Å². The van der Waals surface area contributed by atoms with Crippen molar-refractivity contribution < 1.29 is 19.0 Å². The first kappa shape index (κ1) is 15.3. The maximum atomic E-state index is 11.0. The fourth-order valence-corrected chi connectivity index (χ4v) is 2.11. The monoisotopic (exact) mass is 311 g/mol. The molecule has 0 atom stereocenters. The predicted molar refractivity (Wildman–Crippen MR) is 75.6 cm³/mol. The Balaban J connectivity index is 2.65. The summed E-state index contributed by atoms with van der Waals surface area (Å²) in [5.74, 6) is 0.930. The minimum absolute atomic E-state index is 0.176. The van der Waals surface area contributed by atoms with Gasteiger partial charge in [0.15, 0.2) is 12.0 Å². The zero-order valence-corrected chi connectivity index (χ0v) is 12.5. The molecule has 0 fully saturated rings. The minimum atomic E-state index is 0.176. The predicted octanol–water partition coefficient (Wildman–Crippen LogP) is 1.90. The number of carbonyl (C=O) groups excluding carboxylic acids is 1. The van der Waals surface area contributed by atoms with Crippen LogP contribution >= 0.6 is 11.6 Å². The van der Waals surface area contributed by atoms with Crippen molar-refractivity contribution in [3.8, 4) is 17.2 Å². The van der Waals surface area contributed by atoms with E-state index in [9.17, 15) is 4.79 Å². The summed E-state index contributed by atoms with van der Waals surface area (Å²) in [5.41, 5.74) is 1.26. The fraction of sp³-hybridized carbons (Fsp3) is 0.308. The lowest BCUT2D eigenvalue weighted by molar-refractivity contribution is 0.111. The van der Waals surface area contributed by atoms with Crippen LogP contribution in [0, 0.1) is 0 Å². The number of aldehydes is 1. The number of nitrogens with zero attached hydrogens (tertiary/aromatic N) is 3. The van der Waals surface area contributed by atoms with Crippen molar-refractivity contribution in [1.29, 1.82) is 0 Å². The third kappa shape index (κ3) is 2.84. The van der Waals surface area contributed by atoms with E-state index in [1.54, 1.807) is 12.1 Å². The molecule has 1 heterocycles. The van der Waals surface area contributed by atoms with Crippen LogP contribution in [0.25, 0.3) is 5.69 Å². The van der Waals surface area contributed by atoms with E-state index in [1.165, 1.54) is 26.0 Å². The molecule has 1 aromatic carbocycles. The lowest BCUT2D eigenvalue weighted by atomic mass is 10.2. The van der Waals surface area contributed by atoms with Crippen LogP contribution in [-0.4, -0.2) is 42.6 Å². The molecule has 0 aliphatic heterocycles. The Morgan fingerprint density at radius 1 is 1.24 bits per heavy atom. The van der Waals surface area contributed by atoms with Gasteiger partial charge in [-0.25, -0.2) is 4.68 Å². The van der Waals surface area contributed by atoms with Gasteiger partial charge in [-0.1, -0.05) is 16.8 Å². The van der Waals surface area contributed by atoms with E-state index in [0.29, 0.717) is 34.2 Å². The van der Waals surface area contributed by atoms with Crippen LogP contribution in [0.3, 0.4) is 0 Å². The van der Waals surface area contributed by atoms with E-state index in [1.807, 2.05) is 0 Å². The van der Waals surface area contributed by atoms with Crippen LogP contribution in [0.1, 0.15) is 16.2 Å². The lowest BCUT2D eigenvalue weighted by Crippen LogP contribution is -2.07. The number of carbonyl (C=O) groups is 1. The molecule has 112 valence electrons. The van der Waals surface area contributed by atoms with Gasteiger partial charge in [0, 0.05) is 19.2 Å². The first-order chi connectivity index (χ1) is 10.2. The molecule has 8 heteroatoms. The summed E-state index contributed by atoms with van der Waals surface area (Å²) in [6.07, 6.45) is 0.623. The summed E-state index contributed by atoms with van der Waals surface area (Å²) in [7, 11) is 4.53. The smallest absolute Gasteiger partial charge is 0.172 e. The molecule has 0 amide bonds. The van der Waals surface area contributed by atoms with E-state index in [4.69, 9.17) is 25.8 Å². The molecular weight excluding hydrogens is 298 g/mol. The number of ether oxygens (including phenoxy) is 3. The number of benzene rings is 1. The van der Waals surface area contributed by atoms with Crippen molar-refractivity contribution in [1.82, 2.24) is 15.0 Å². The first-order valence-electron chi connectivity index (χ1n) is 5.96. The summed E-state index contributed by atoms with van der Waals surface area (Å²) >= 11 is 6.07. The number of rotatable bonds is 6. The van der Waals surface area contributed by atoms with Crippen LogP contribution in [0.4, 0.5) is 0 Å². The van der Waals surface area contributed by atoms with Crippen LogP contribution in [0.15, 0.2) is 12.1 Å². The molecular formula is C13H14ClN3O4. The highest BCUT2D eigenvalue weighted by Gasteiger charge is 2.19. The number of aromatic nitrogens is 3. The maximum absolute atomic E-state index is 11.0. The number of halogens is 1. The Hall–Kier alpha value is -2.12. The summed E-state index contributed by atoms with van der Waals surface area (Å²) in [4.78, 5) is 11.0. The Morgan fingerprint density at radius 2 is 1.95 bits per heavy atom. The molecule has 7 nitrogen and oxygen atoms in total. The average molecular weight is 312 g/mol. The van der Waals surface area contributed by atoms with E-state index in [0.717, 1.165) is 0 Å². The van der Waals surface area contributed by atoms with Crippen molar-refractivity contribution >= 4 is 17.9 Å². The van der Waals surface area contributed by atoms with Crippen LogP contribution < -0.4 is 9.47 Å². The minimum Gasteiger partial charge on any atom is -0.495 e. The second-order valence-corrected chi connectivity index (χ2v) is 4.45. The molecule has 0 aliphatic carbocycles. The summed E-state index contributed by atoms with van der Waals surface area (Å²) in [5, 5.41) is 8.19. The molecule has 0 spiro atoms. The molecule has 0 saturated heterocycles. The summed E-state index contributed by atoms with van der Waals surface area (Å²) < 4.78 is 17.0. The lowest BCUT2D eigenvalue weighted by Gasteiger charge is -2.13. The second-order valence-electron chi connectivity index (χ2n) is 4.04. The molecule has 1 aromatic heterocycles. The quantitative estimate of drug-likeness (QED) is 0.758. The highest BCUT2D eigenvalue weighted by Crippen LogP contribution is 2.35. The highest BCUT2D eigenvalue weighted by molar-refractivity contribution is 6.32. The maximum Gasteiger partial charge on any atom is 0.172 e. The normalized spacial score (nSPS) is 10.5. The van der Waals surface area contributed by atoms with Gasteiger partial charge >= 0.3 is 0 Å². The van der Waals surface area contributed by atoms with Crippen LogP contribution in [0.2, 0.25) is 5.02 Å². The van der Waals surface area contributed by atoms with Crippen molar-refractivity contribution in [2.75, 3.05) is 21.3 Å². The third-order valence-corrected chi connectivity index (χ3v) is 3.16. The number of methoxy groups -OCH3 is 3. The van der Waals surface area contributed by atoms with Gasteiger partial charge in [-0.15, -0.1) is 5.10 Å². The van der Waals surface area contributed by atoms with Gasteiger partial charge in [0.1, 0.15) is 22.9 Å². The third-order valence-electron chi connectivity index (χ3n) is 2.87. The van der Waals surface area contributed by atoms with Crippen molar-refractivity contribution in [2.45, 2.75) is 6.61 Å². The molecule has 21 heavy (non-hydrogen) atoms. The van der Waals surface area contributed by atoms with Crippen molar-refractivity contribution in [3.05, 3.63) is 28.5 Å². The van der Waals surface area contributed by atoms with Crippen molar-refractivity contribution in [2.24, 2.45) is 0 Å². The van der Waals surface area contributed by atoms with Gasteiger partial charge in [-0.05, 0) is 0 Å². The topological polar surface area (TPSA) is 75.5 Å². The van der Waals surface area contributed by atoms with Gasteiger partial charge in [0.2, 0.25) is 0 Å². The van der Waals surface area contributed by atoms with E-state index < -0.39 is 0 Å². The Labute approximate surface area is 126 Å². The standard InChI is InChI=1S/C13H14ClN3O4/c1-19-7-11-9(6-18)15-16-17(11)10-5-12(20-2)8(14)4-13(10)21-3/h4-6H,7H2,1-3H3. The zero-order valence-electron chi connectivity index (χ0n) is 11.8. The van der Waals surface area contributed by atoms with Gasteiger partial charge in [-0.3, -0.25) is 4.79 Å². The molecule has 0 unspecified atom stereocenters. The molecule has 0 radical (unpaired) electrons. The molecule has 2 rings (SSSR count). The Kier molecular flexibility index (Phi) is 4.77. The van der Waals surface area contributed by atoms with Gasteiger partial charge < -0.3 is 14.2 Å². The van der Waals surface area contributed by atoms with E-state index in [-0.39, 0.29) is 12.3 Å². The molecule has 0 saturated carbocycles. The Morgan fingerprint density at radius 3 is 2.52 bits per heavy atom. The second kappa shape index (κ2) is 6.55.